The minimum Gasteiger partial charge on any atom is -0.465 e. The van der Waals surface area contributed by atoms with Gasteiger partial charge < -0.3 is 15.4 Å². The number of hydrogen-bond acceptors (Lipinski definition) is 5. The molecule has 0 aliphatic carbocycles. The molecule has 3 rings (SSSR count). The number of aromatic nitrogens is 1. The third-order valence-electron chi connectivity index (χ3n) is 4.23. The highest BCUT2D eigenvalue weighted by molar-refractivity contribution is 5.95. The second-order valence-corrected chi connectivity index (χ2v) is 6.23. The molecule has 1 aromatic heterocycles. The van der Waals surface area contributed by atoms with Crippen molar-refractivity contribution in [1.29, 1.82) is 0 Å². The van der Waals surface area contributed by atoms with Gasteiger partial charge >= 0.3 is 5.97 Å². The topological polar surface area (TPSA) is 80.3 Å². The maximum atomic E-state index is 12.6. The van der Waals surface area contributed by atoms with Crippen molar-refractivity contribution in [1.82, 2.24) is 10.3 Å². The van der Waals surface area contributed by atoms with Gasteiger partial charge in [0.2, 0.25) is 0 Å². The molecule has 0 radical (unpaired) electrons. The van der Waals surface area contributed by atoms with Gasteiger partial charge in [-0.15, -0.1) is 0 Å². The first-order valence-electron chi connectivity index (χ1n) is 8.84. The van der Waals surface area contributed by atoms with Gasteiger partial charge in [-0.05, 0) is 42.8 Å². The molecule has 6 nitrogen and oxygen atoms in total. The molecule has 28 heavy (non-hydrogen) atoms. The summed E-state index contributed by atoms with van der Waals surface area (Å²) in [4.78, 5) is 28.5. The lowest BCUT2D eigenvalue weighted by Gasteiger charge is -2.15. The van der Waals surface area contributed by atoms with E-state index in [1.165, 1.54) is 7.11 Å². The van der Waals surface area contributed by atoms with Crippen LogP contribution in [0.5, 0.6) is 0 Å². The molecule has 2 N–H and O–H groups in total. The average Bonchev–Trinajstić information content (AvgIpc) is 2.74. The van der Waals surface area contributed by atoms with E-state index in [1.807, 2.05) is 37.3 Å². The van der Waals surface area contributed by atoms with Crippen LogP contribution in [0.15, 0.2) is 72.9 Å². The molecule has 142 valence electrons. The van der Waals surface area contributed by atoms with E-state index >= 15 is 0 Å². The van der Waals surface area contributed by atoms with E-state index in [4.69, 9.17) is 4.74 Å². The fourth-order valence-electron chi connectivity index (χ4n) is 2.73. The number of methoxy groups -OCH3 is 1. The van der Waals surface area contributed by atoms with Crippen molar-refractivity contribution >= 4 is 23.4 Å². The van der Waals surface area contributed by atoms with E-state index in [9.17, 15) is 9.59 Å². The summed E-state index contributed by atoms with van der Waals surface area (Å²) in [6.07, 6.45) is 1.56. The van der Waals surface area contributed by atoms with Crippen LogP contribution in [0.25, 0.3) is 0 Å². The Labute approximate surface area is 163 Å². The zero-order valence-electron chi connectivity index (χ0n) is 15.7. The molecule has 0 saturated heterocycles. The van der Waals surface area contributed by atoms with Gasteiger partial charge in [0.1, 0.15) is 5.82 Å². The molecule has 0 aliphatic rings. The van der Waals surface area contributed by atoms with E-state index in [2.05, 4.69) is 15.6 Å². The third-order valence-corrected chi connectivity index (χ3v) is 4.23. The number of amides is 1. The van der Waals surface area contributed by atoms with Crippen molar-refractivity contribution in [3.8, 4) is 0 Å². The number of nitrogens with zero attached hydrogens (tertiary/aromatic N) is 1. The van der Waals surface area contributed by atoms with Gasteiger partial charge in [0.05, 0.1) is 18.7 Å². The summed E-state index contributed by atoms with van der Waals surface area (Å²) < 4.78 is 4.73. The van der Waals surface area contributed by atoms with Gasteiger partial charge in [-0.3, -0.25) is 4.79 Å². The number of hydrogen-bond donors (Lipinski definition) is 2. The Hall–Kier alpha value is -3.67. The number of carbonyl (C=O) groups excluding carboxylic acids is 2. The number of ether oxygens (including phenoxy) is 1. The Balaban J connectivity index is 1.72. The first-order chi connectivity index (χ1) is 13.6. The van der Waals surface area contributed by atoms with Crippen molar-refractivity contribution in [2.75, 3.05) is 12.4 Å². The maximum absolute atomic E-state index is 12.6. The maximum Gasteiger partial charge on any atom is 0.337 e. The second-order valence-electron chi connectivity index (χ2n) is 6.23. The lowest BCUT2D eigenvalue weighted by molar-refractivity contribution is 0.0600. The lowest BCUT2D eigenvalue weighted by Crippen LogP contribution is -2.26. The van der Waals surface area contributed by atoms with Crippen LogP contribution in [-0.2, 0) is 4.74 Å². The lowest BCUT2D eigenvalue weighted by atomic mass is 10.1. The van der Waals surface area contributed by atoms with Crippen LogP contribution in [-0.4, -0.2) is 24.0 Å². The standard InChI is InChI=1S/C22H21N3O3/c1-15(16-7-4-3-5-8-16)24-21(26)17-11-12-23-20(14-17)25-19-10-6-9-18(13-19)22(27)28-2/h3-15H,1-2H3,(H,23,25)(H,24,26). The molecule has 0 aliphatic heterocycles. The summed E-state index contributed by atoms with van der Waals surface area (Å²) in [5.41, 5.74) is 2.62. The van der Waals surface area contributed by atoms with Crippen molar-refractivity contribution in [2.24, 2.45) is 0 Å². The van der Waals surface area contributed by atoms with Gasteiger partial charge in [0.25, 0.3) is 5.91 Å². The van der Waals surface area contributed by atoms with Crippen molar-refractivity contribution in [3.63, 3.8) is 0 Å². The van der Waals surface area contributed by atoms with Gasteiger partial charge in [-0.2, -0.15) is 0 Å². The van der Waals surface area contributed by atoms with Crippen LogP contribution in [0.2, 0.25) is 0 Å². The van der Waals surface area contributed by atoms with E-state index in [0.29, 0.717) is 22.6 Å². The zero-order chi connectivity index (χ0) is 19.9. The van der Waals surface area contributed by atoms with E-state index in [-0.39, 0.29) is 11.9 Å². The highest BCUT2D eigenvalue weighted by atomic mass is 16.5. The normalized spacial score (nSPS) is 11.4. The molecule has 6 heteroatoms. The summed E-state index contributed by atoms with van der Waals surface area (Å²) in [5, 5.41) is 6.08. The number of anilines is 2. The second kappa shape index (κ2) is 8.81. The molecule has 1 amide bonds. The predicted octanol–water partition coefficient (Wildman–Crippen LogP) is 4.10. The van der Waals surface area contributed by atoms with E-state index in [1.54, 1.807) is 42.6 Å². The Kier molecular flexibility index (Phi) is 6.01. The first-order valence-corrected chi connectivity index (χ1v) is 8.84. The summed E-state index contributed by atoms with van der Waals surface area (Å²) in [7, 11) is 1.34. The highest BCUT2D eigenvalue weighted by Gasteiger charge is 2.12. The molecule has 0 spiro atoms. The molecule has 1 unspecified atom stereocenters. The smallest absolute Gasteiger partial charge is 0.337 e. The van der Waals surface area contributed by atoms with Gasteiger partial charge in [-0.25, -0.2) is 9.78 Å². The number of carbonyl (C=O) groups is 2. The first kappa shape index (κ1) is 19.1. The number of pyridine rings is 1. The van der Waals surface area contributed by atoms with Crippen LogP contribution in [0.1, 0.15) is 39.2 Å². The molecule has 0 fully saturated rings. The molecule has 0 saturated carbocycles. The Morgan fingerprint density at radius 3 is 2.50 bits per heavy atom. The van der Waals surface area contributed by atoms with E-state index in [0.717, 1.165) is 5.56 Å². The molecule has 2 aromatic carbocycles. The summed E-state index contributed by atoms with van der Waals surface area (Å²) in [5.74, 6) is -0.105. The summed E-state index contributed by atoms with van der Waals surface area (Å²) >= 11 is 0. The van der Waals surface area contributed by atoms with E-state index < -0.39 is 5.97 Å². The molecule has 1 heterocycles. The number of benzene rings is 2. The van der Waals surface area contributed by atoms with Gasteiger partial charge in [0, 0.05) is 17.4 Å². The molecular formula is C22H21N3O3. The fraction of sp³-hybridized carbons (Fsp3) is 0.136. The van der Waals surface area contributed by atoms with Crippen molar-refractivity contribution < 1.29 is 14.3 Å². The van der Waals surface area contributed by atoms with Gasteiger partial charge in [-0.1, -0.05) is 36.4 Å². The Morgan fingerprint density at radius 2 is 1.75 bits per heavy atom. The predicted molar refractivity (Wildman–Crippen MR) is 108 cm³/mol. The molecular weight excluding hydrogens is 354 g/mol. The van der Waals surface area contributed by atoms with Gasteiger partial charge in [0.15, 0.2) is 0 Å². The summed E-state index contributed by atoms with van der Waals surface area (Å²) in [6, 6.07) is 19.8. The number of esters is 1. The van der Waals surface area contributed by atoms with Crippen LogP contribution in [0, 0.1) is 0 Å². The molecule has 3 aromatic rings. The minimum atomic E-state index is -0.417. The fourth-order valence-corrected chi connectivity index (χ4v) is 2.73. The Bertz CT molecular complexity index is 974. The molecule has 0 bridgehead atoms. The van der Waals surface area contributed by atoms with Crippen molar-refractivity contribution in [3.05, 3.63) is 89.6 Å². The largest absolute Gasteiger partial charge is 0.465 e. The zero-order valence-corrected chi connectivity index (χ0v) is 15.7. The Morgan fingerprint density at radius 1 is 0.964 bits per heavy atom. The highest BCUT2D eigenvalue weighted by Crippen LogP contribution is 2.18. The summed E-state index contributed by atoms with van der Waals surface area (Å²) in [6.45, 7) is 1.94. The number of nitrogens with one attached hydrogen (secondary N) is 2. The van der Waals surface area contributed by atoms with Crippen molar-refractivity contribution in [2.45, 2.75) is 13.0 Å². The monoisotopic (exact) mass is 375 g/mol. The van der Waals surface area contributed by atoms with Crippen LogP contribution >= 0.6 is 0 Å². The van der Waals surface area contributed by atoms with Crippen LogP contribution < -0.4 is 10.6 Å². The molecule has 1 atom stereocenters. The minimum absolute atomic E-state index is 0.116. The average molecular weight is 375 g/mol. The third kappa shape index (κ3) is 4.73. The van der Waals surface area contributed by atoms with Crippen LogP contribution in [0.4, 0.5) is 11.5 Å². The SMILES string of the molecule is COC(=O)c1cccc(Nc2cc(C(=O)NC(C)c3ccccc3)ccn2)c1. The van der Waals surface area contributed by atoms with Crippen LogP contribution in [0.3, 0.4) is 0 Å². The number of rotatable bonds is 6. The quantitative estimate of drug-likeness (QED) is 0.634.